The molecule has 0 aliphatic heterocycles. The predicted octanol–water partition coefficient (Wildman–Crippen LogP) is 4.31. The molecular weight excluding hydrogens is 400 g/mol. The first-order valence-corrected chi connectivity index (χ1v) is 10.9. The average molecular weight is 427 g/mol. The molecule has 1 saturated carbocycles. The van der Waals surface area contributed by atoms with Crippen LogP contribution in [-0.2, 0) is 4.74 Å². The zero-order chi connectivity index (χ0) is 20.9. The van der Waals surface area contributed by atoms with Crippen LogP contribution in [0.3, 0.4) is 0 Å². The summed E-state index contributed by atoms with van der Waals surface area (Å²) in [5.41, 5.74) is 3.15. The number of benzene rings is 1. The average Bonchev–Trinajstić information content (AvgIpc) is 3.18. The molecule has 0 amide bonds. The minimum absolute atomic E-state index is 0.170. The van der Waals surface area contributed by atoms with Crippen LogP contribution in [0.15, 0.2) is 36.7 Å². The second kappa shape index (κ2) is 9.51. The summed E-state index contributed by atoms with van der Waals surface area (Å²) in [5, 5.41) is 13.9. The third-order valence-corrected chi connectivity index (χ3v) is 6.19. The Morgan fingerprint density at radius 1 is 1.20 bits per heavy atom. The first kappa shape index (κ1) is 20.7. The van der Waals surface area contributed by atoms with Crippen molar-refractivity contribution < 1.29 is 14.6 Å². The van der Waals surface area contributed by atoms with Gasteiger partial charge in [0.2, 0.25) is 11.8 Å². The van der Waals surface area contributed by atoms with Crippen molar-refractivity contribution in [1.29, 1.82) is 0 Å². The van der Waals surface area contributed by atoms with E-state index >= 15 is 0 Å². The molecule has 0 saturated heterocycles. The zero-order valence-electron chi connectivity index (χ0n) is 17.2. The number of aromatic nitrogens is 3. The van der Waals surface area contributed by atoms with Gasteiger partial charge in [-0.1, -0.05) is 6.07 Å². The minimum Gasteiger partial charge on any atom is -0.477 e. The zero-order valence-corrected chi connectivity index (χ0v) is 18.0. The molecule has 3 aromatic rings. The first-order valence-electron chi connectivity index (χ1n) is 10.1. The van der Waals surface area contributed by atoms with Crippen LogP contribution in [0.4, 0.5) is 11.6 Å². The van der Waals surface area contributed by atoms with E-state index in [1.54, 1.807) is 30.7 Å². The molecule has 1 aliphatic rings. The first-order chi connectivity index (χ1) is 14.6. The van der Waals surface area contributed by atoms with Crippen LogP contribution in [0.25, 0.3) is 10.4 Å². The highest BCUT2D eigenvalue weighted by atomic mass is 32.1. The molecule has 0 unspecified atom stereocenters. The Hall–Kier alpha value is -2.55. The number of hydrogen-bond acceptors (Lipinski definition) is 8. The summed E-state index contributed by atoms with van der Waals surface area (Å²) in [5.74, 6) is 1.41. The number of hydrogen-bond donors (Lipinski definition) is 2. The maximum atomic E-state index is 9.55. The van der Waals surface area contributed by atoms with E-state index in [1.807, 2.05) is 6.20 Å². The molecule has 0 spiro atoms. The molecule has 7 nitrogen and oxygen atoms in total. The number of aliphatic hydroxyl groups is 1. The second-order valence-electron chi connectivity index (χ2n) is 7.51. The molecule has 2 aromatic heterocycles. The summed E-state index contributed by atoms with van der Waals surface area (Å²) >= 11 is 1.70. The Balaban J connectivity index is 1.46. The van der Waals surface area contributed by atoms with Gasteiger partial charge in [-0.3, -0.25) is 0 Å². The van der Waals surface area contributed by atoms with E-state index in [-0.39, 0.29) is 6.10 Å². The van der Waals surface area contributed by atoms with E-state index in [2.05, 4.69) is 45.4 Å². The van der Waals surface area contributed by atoms with E-state index in [0.29, 0.717) is 31.0 Å². The molecule has 1 aliphatic carbocycles. The van der Waals surface area contributed by atoms with Crippen molar-refractivity contribution in [3.8, 4) is 16.3 Å². The van der Waals surface area contributed by atoms with E-state index in [4.69, 9.17) is 9.47 Å². The molecule has 2 heterocycles. The minimum atomic E-state index is -0.170. The van der Waals surface area contributed by atoms with Gasteiger partial charge in [0.1, 0.15) is 0 Å². The third-order valence-electron chi connectivity index (χ3n) is 4.98. The SMILES string of the molecule is COCCCOc1ccnc(Nc2cc(C)cc(-c3cnc(C4CC(O)C4)s3)c2)n1. The van der Waals surface area contributed by atoms with Crippen molar-refractivity contribution in [2.24, 2.45) is 0 Å². The van der Waals surface area contributed by atoms with Gasteiger partial charge >= 0.3 is 0 Å². The number of anilines is 2. The highest BCUT2D eigenvalue weighted by Crippen LogP contribution is 2.41. The quantitative estimate of drug-likeness (QED) is 0.493. The lowest BCUT2D eigenvalue weighted by atomic mass is 9.83. The van der Waals surface area contributed by atoms with E-state index in [0.717, 1.165) is 46.0 Å². The van der Waals surface area contributed by atoms with Crippen LogP contribution in [0.2, 0.25) is 0 Å². The van der Waals surface area contributed by atoms with Gasteiger partial charge in [-0.2, -0.15) is 4.98 Å². The Morgan fingerprint density at radius 3 is 2.87 bits per heavy atom. The lowest BCUT2D eigenvalue weighted by Gasteiger charge is -2.29. The highest BCUT2D eigenvalue weighted by molar-refractivity contribution is 7.15. The van der Waals surface area contributed by atoms with Gasteiger partial charge in [0.05, 0.1) is 22.6 Å². The third kappa shape index (κ3) is 5.13. The molecule has 4 rings (SSSR count). The number of nitrogens with zero attached hydrogens (tertiary/aromatic N) is 3. The van der Waals surface area contributed by atoms with E-state index in [9.17, 15) is 5.11 Å². The highest BCUT2D eigenvalue weighted by Gasteiger charge is 2.30. The summed E-state index contributed by atoms with van der Waals surface area (Å²) in [6, 6.07) is 8.03. The van der Waals surface area contributed by atoms with E-state index in [1.165, 1.54) is 0 Å². The smallest absolute Gasteiger partial charge is 0.230 e. The Labute approximate surface area is 180 Å². The van der Waals surface area contributed by atoms with Gasteiger partial charge in [0.25, 0.3) is 0 Å². The van der Waals surface area contributed by atoms with Crippen molar-refractivity contribution in [3.05, 3.63) is 47.2 Å². The molecule has 0 bridgehead atoms. The van der Waals surface area contributed by atoms with E-state index < -0.39 is 0 Å². The largest absolute Gasteiger partial charge is 0.477 e. The maximum Gasteiger partial charge on any atom is 0.230 e. The second-order valence-corrected chi connectivity index (χ2v) is 8.57. The Morgan fingerprint density at radius 2 is 2.07 bits per heavy atom. The van der Waals surface area contributed by atoms with Gasteiger partial charge in [-0.15, -0.1) is 11.3 Å². The standard InChI is InChI=1S/C22H26N4O3S/c1-14-8-15(19-13-24-21(30-19)16-11-18(27)12-16)10-17(9-14)25-22-23-5-4-20(26-22)29-7-3-6-28-2/h4-5,8-10,13,16,18,27H,3,6-7,11-12H2,1-2H3,(H,23,25,26). The van der Waals surface area contributed by atoms with Crippen LogP contribution in [0, 0.1) is 6.92 Å². The van der Waals surface area contributed by atoms with Gasteiger partial charge in [-0.25, -0.2) is 9.97 Å². The molecule has 0 radical (unpaired) electrons. The fourth-order valence-corrected chi connectivity index (χ4v) is 4.42. The number of ether oxygens (including phenoxy) is 2. The lowest BCUT2D eigenvalue weighted by Crippen LogP contribution is -2.26. The van der Waals surface area contributed by atoms with Crippen molar-refractivity contribution in [2.45, 2.75) is 38.2 Å². The Bertz CT molecular complexity index is 988. The Kier molecular flexibility index (Phi) is 6.56. The van der Waals surface area contributed by atoms with Crippen LogP contribution in [0.1, 0.15) is 35.8 Å². The molecule has 158 valence electrons. The molecule has 0 atom stereocenters. The summed E-state index contributed by atoms with van der Waals surface area (Å²) in [7, 11) is 1.67. The fourth-order valence-electron chi connectivity index (χ4n) is 3.39. The predicted molar refractivity (Wildman–Crippen MR) is 118 cm³/mol. The van der Waals surface area contributed by atoms with Crippen molar-refractivity contribution in [1.82, 2.24) is 15.0 Å². The van der Waals surface area contributed by atoms with Crippen molar-refractivity contribution in [3.63, 3.8) is 0 Å². The van der Waals surface area contributed by atoms with Gasteiger partial charge < -0.3 is 19.9 Å². The number of aryl methyl sites for hydroxylation is 1. The van der Waals surface area contributed by atoms with Crippen LogP contribution < -0.4 is 10.1 Å². The van der Waals surface area contributed by atoms with Crippen LogP contribution in [0.5, 0.6) is 5.88 Å². The summed E-state index contributed by atoms with van der Waals surface area (Å²) in [6.45, 7) is 3.27. The summed E-state index contributed by atoms with van der Waals surface area (Å²) in [4.78, 5) is 14.4. The number of rotatable bonds is 9. The fraction of sp³-hybridized carbons (Fsp3) is 0.409. The molecule has 2 N–H and O–H groups in total. The lowest BCUT2D eigenvalue weighted by molar-refractivity contribution is 0.0745. The monoisotopic (exact) mass is 426 g/mol. The maximum absolute atomic E-state index is 9.55. The summed E-state index contributed by atoms with van der Waals surface area (Å²) in [6.07, 6.45) is 5.87. The summed E-state index contributed by atoms with van der Waals surface area (Å²) < 4.78 is 10.7. The number of nitrogens with one attached hydrogen (secondary N) is 1. The molecule has 30 heavy (non-hydrogen) atoms. The van der Waals surface area contributed by atoms with Crippen molar-refractivity contribution in [2.75, 3.05) is 25.6 Å². The van der Waals surface area contributed by atoms with Gasteiger partial charge in [0, 0.05) is 50.2 Å². The van der Waals surface area contributed by atoms with Gasteiger partial charge in [-0.05, 0) is 43.0 Å². The molecular formula is C22H26N4O3S. The molecule has 1 fully saturated rings. The number of aliphatic hydroxyl groups excluding tert-OH is 1. The normalized spacial score (nSPS) is 18.1. The van der Waals surface area contributed by atoms with Crippen LogP contribution >= 0.6 is 11.3 Å². The van der Waals surface area contributed by atoms with Gasteiger partial charge in [0.15, 0.2) is 0 Å². The number of thiazole rings is 1. The van der Waals surface area contributed by atoms with Crippen LogP contribution in [-0.4, -0.2) is 46.5 Å². The molecule has 1 aromatic carbocycles. The number of methoxy groups -OCH3 is 1. The van der Waals surface area contributed by atoms with Crippen molar-refractivity contribution >= 4 is 23.0 Å². The topological polar surface area (TPSA) is 89.4 Å². The molecule has 8 heteroatoms.